The Morgan fingerprint density at radius 3 is 2.74 bits per heavy atom. The first-order valence-corrected chi connectivity index (χ1v) is 9.21. The van der Waals surface area contributed by atoms with Crippen LogP contribution in [-0.2, 0) is 0 Å². The molecule has 0 bridgehead atoms. The number of ether oxygens (including phenoxy) is 1. The summed E-state index contributed by atoms with van der Waals surface area (Å²) in [4.78, 5) is 15.4. The maximum absolute atomic E-state index is 13.4. The van der Waals surface area contributed by atoms with Gasteiger partial charge in [0.1, 0.15) is 16.8 Å². The molecule has 7 nitrogen and oxygen atoms in total. The van der Waals surface area contributed by atoms with E-state index in [9.17, 15) is 4.79 Å². The number of nitrogens with one attached hydrogen (secondary N) is 2. The lowest BCUT2D eigenvalue weighted by atomic mass is 9.89. The molecule has 3 aromatic rings. The molecule has 5 rings (SSSR count). The lowest BCUT2D eigenvalue weighted by Gasteiger charge is -2.28. The minimum atomic E-state index is 0.0510. The van der Waals surface area contributed by atoms with E-state index in [1.165, 1.54) is 0 Å². The van der Waals surface area contributed by atoms with Crippen LogP contribution in [0, 0.1) is 11.8 Å². The molecule has 3 heterocycles. The topological polar surface area (TPSA) is 83.1 Å². The molecular formula is C20H21N5O2. The highest BCUT2D eigenvalue weighted by molar-refractivity contribution is 5.97. The number of rotatable bonds is 3. The van der Waals surface area contributed by atoms with Gasteiger partial charge in [0.05, 0.1) is 13.2 Å². The van der Waals surface area contributed by atoms with Crippen molar-refractivity contribution in [3.05, 3.63) is 53.6 Å². The van der Waals surface area contributed by atoms with Crippen molar-refractivity contribution in [1.82, 2.24) is 25.6 Å². The van der Waals surface area contributed by atoms with Gasteiger partial charge < -0.3 is 15.0 Å². The lowest BCUT2D eigenvalue weighted by molar-refractivity contribution is 0.0714. The SMILES string of the molecule is COc1ccc([C@H]2[C@H]3CNC[C@H]3CN2C(=O)c2ccc3n[nH]nc3c2)cc1. The maximum atomic E-state index is 13.4. The molecule has 0 unspecified atom stereocenters. The molecule has 2 aliphatic heterocycles. The number of benzene rings is 2. The smallest absolute Gasteiger partial charge is 0.254 e. The van der Waals surface area contributed by atoms with E-state index in [1.807, 2.05) is 35.2 Å². The third-order valence-corrected chi connectivity index (χ3v) is 5.85. The number of likely N-dealkylation sites (tertiary alicyclic amines) is 1. The molecule has 27 heavy (non-hydrogen) atoms. The highest BCUT2D eigenvalue weighted by atomic mass is 16.5. The summed E-state index contributed by atoms with van der Waals surface area (Å²) in [5.74, 6) is 1.79. The summed E-state index contributed by atoms with van der Waals surface area (Å²) < 4.78 is 5.29. The van der Waals surface area contributed by atoms with Crippen LogP contribution in [-0.4, -0.2) is 53.0 Å². The van der Waals surface area contributed by atoms with Crippen LogP contribution < -0.4 is 10.1 Å². The Hall–Kier alpha value is -2.93. The number of hydrogen-bond donors (Lipinski definition) is 2. The Bertz CT molecular complexity index is 983. The second kappa shape index (κ2) is 6.35. The maximum Gasteiger partial charge on any atom is 0.254 e. The fourth-order valence-electron chi connectivity index (χ4n) is 4.50. The summed E-state index contributed by atoms with van der Waals surface area (Å²) in [6, 6.07) is 13.6. The van der Waals surface area contributed by atoms with Crippen LogP contribution in [0.15, 0.2) is 42.5 Å². The molecule has 2 N–H and O–H groups in total. The van der Waals surface area contributed by atoms with E-state index in [0.717, 1.165) is 36.5 Å². The average molecular weight is 363 g/mol. The zero-order valence-electron chi connectivity index (χ0n) is 15.1. The predicted octanol–water partition coefficient (Wildman–Crippen LogP) is 2.00. The van der Waals surface area contributed by atoms with E-state index in [0.29, 0.717) is 22.9 Å². The largest absolute Gasteiger partial charge is 0.497 e. The molecule has 2 aromatic carbocycles. The molecular weight excluding hydrogens is 342 g/mol. The average Bonchev–Trinajstić information content (AvgIpc) is 3.42. The summed E-state index contributed by atoms with van der Waals surface area (Å²) in [5.41, 5.74) is 3.29. The van der Waals surface area contributed by atoms with Crippen LogP contribution in [0.25, 0.3) is 11.0 Å². The number of fused-ring (bicyclic) bond motifs is 2. The minimum absolute atomic E-state index is 0.0510. The summed E-state index contributed by atoms with van der Waals surface area (Å²) in [6.45, 7) is 2.67. The molecule has 0 radical (unpaired) electrons. The van der Waals surface area contributed by atoms with E-state index in [4.69, 9.17) is 4.74 Å². The van der Waals surface area contributed by atoms with Crippen molar-refractivity contribution in [2.45, 2.75) is 6.04 Å². The van der Waals surface area contributed by atoms with Crippen LogP contribution in [0.3, 0.4) is 0 Å². The van der Waals surface area contributed by atoms with Crippen LogP contribution in [0.4, 0.5) is 0 Å². The monoisotopic (exact) mass is 363 g/mol. The predicted molar refractivity (Wildman–Crippen MR) is 101 cm³/mol. The number of methoxy groups -OCH3 is 1. The molecule has 138 valence electrons. The van der Waals surface area contributed by atoms with Crippen LogP contribution in [0.1, 0.15) is 22.0 Å². The Morgan fingerprint density at radius 2 is 1.93 bits per heavy atom. The molecule has 2 fully saturated rings. The van der Waals surface area contributed by atoms with Gasteiger partial charge in [-0.15, -0.1) is 0 Å². The molecule has 0 saturated carbocycles. The summed E-state index contributed by atoms with van der Waals surface area (Å²) in [5, 5.41) is 14.3. The van der Waals surface area contributed by atoms with Crippen molar-refractivity contribution in [2.75, 3.05) is 26.7 Å². The number of H-pyrrole nitrogens is 1. The normalized spacial score (nSPS) is 24.3. The number of carbonyl (C=O) groups is 1. The van der Waals surface area contributed by atoms with Crippen molar-refractivity contribution in [1.29, 1.82) is 0 Å². The standard InChI is InChI=1S/C20H21N5O2/c1-27-15-5-2-12(3-6-15)19-16-10-21-9-14(16)11-25(19)20(26)13-4-7-17-18(8-13)23-24-22-17/h2-8,14,16,19,21H,9-11H2,1H3,(H,22,23,24)/t14-,16-,19-/m0/s1. The van der Waals surface area contributed by atoms with Crippen LogP contribution >= 0.6 is 0 Å². The minimum Gasteiger partial charge on any atom is -0.497 e. The fraction of sp³-hybridized carbons (Fsp3) is 0.350. The van der Waals surface area contributed by atoms with E-state index < -0.39 is 0 Å². The van der Waals surface area contributed by atoms with Gasteiger partial charge in [-0.25, -0.2) is 0 Å². The lowest BCUT2D eigenvalue weighted by Crippen LogP contribution is -2.34. The van der Waals surface area contributed by atoms with Crippen LogP contribution in [0.5, 0.6) is 5.75 Å². The molecule has 1 amide bonds. The van der Waals surface area contributed by atoms with Crippen LogP contribution in [0.2, 0.25) is 0 Å². The molecule has 0 aliphatic carbocycles. The van der Waals surface area contributed by atoms with E-state index in [-0.39, 0.29) is 11.9 Å². The van der Waals surface area contributed by atoms with Crippen molar-refractivity contribution in [2.24, 2.45) is 11.8 Å². The Morgan fingerprint density at radius 1 is 1.11 bits per heavy atom. The second-order valence-electron chi connectivity index (χ2n) is 7.28. The number of aromatic nitrogens is 3. The van der Waals surface area contributed by atoms with Gasteiger partial charge in [0.25, 0.3) is 5.91 Å². The third-order valence-electron chi connectivity index (χ3n) is 5.85. The highest BCUT2D eigenvalue weighted by Gasteiger charge is 2.46. The van der Waals surface area contributed by atoms with Crippen molar-refractivity contribution >= 4 is 16.9 Å². The van der Waals surface area contributed by atoms with Gasteiger partial charge in [-0.05, 0) is 41.8 Å². The van der Waals surface area contributed by atoms with Gasteiger partial charge in [-0.2, -0.15) is 15.4 Å². The summed E-state index contributed by atoms with van der Waals surface area (Å²) >= 11 is 0. The van der Waals surface area contributed by atoms with Crippen molar-refractivity contribution < 1.29 is 9.53 Å². The zero-order chi connectivity index (χ0) is 18.4. The first-order chi connectivity index (χ1) is 13.2. The first-order valence-electron chi connectivity index (χ1n) is 9.21. The first kappa shape index (κ1) is 16.3. The van der Waals surface area contributed by atoms with Crippen molar-refractivity contribution in [3.63, 3.8) is 0 Å². The fourth-order valence-corrected chi connectivity index (χ4v) is 4.50. The number of hydrogen-bond acceptors (Lipinski definition) is 5. The molecule has 3 atom stereocenters. The van der Waals surface area contributed by atoms with E-state index in [2.05, 4.69) is 32.9 Å². The molecule has 0 spiro atoms. The third kappa shape index (κ3) is 2.66. The quantitative estimate of drug-likeness (QED) is 0.744. The van der Waals surface area contributed by atoms with Gasteiger partial charge in [0.15, 0.2) is 0 Å². The molecule has 7 heteroatoms. The Labute approximate surface area is 156 Å². The van der Waals surface area contributed by atoms with Gasteiger partial charge >= 0.3 is 0 Å². The second-order valence-corrected chi connectivity index (χ2v) is 7.28. The van der Waals surface area contributed by atoms with Gasteiger partial charge in [0, 0.05) is 31.1 Å². The number of aromatic amines is 1. The van der Waals surface area contributed by atoms with Gasteiger partial charge in [0.2, 0.25) is 0 Å². The molecule has 2 aliphatic rings. The van der Waals surface area contributed by atoms with Crippen molar-refractivity contribution in [3.8, 4) is 5.75 Å². The summed E-state index contributed by atoms with van der Waals surface area (Å²) in [7, 11) is 1.66. The number of nitrogens with zero attached hydrogens (tertiary/aromatic N) is 3. The van der Waals surface area contributed by atoms with E-state index in [1.54, 1.807) is 7.11 Å². The van der Waals surface area contributed by atoms with Gasteiger partial charge in [-0.1, -0.05) is 12.1 Å². The zero-order valence-corrected chi connectivity index (χ0v) is 15.1. The van der Waals surface area contributed by atoms with Gasteiger partial charge in [-0.3, -0.25) is 4.79 Å². The molecule has 2 saturated heterocycles. The van der Waals surface area contributed by atoms with E-state index >= 15 is 0 Å². The number of amides is 1. The Kier molecular flexibility index (Phi) is 3.82. The molecule has 1 aromatic heterocycles. The Balaban J connectivity index is 1.51. The highest BCUT2D eigenvalue weighted by Crippen LogP contribution is 2.43. The summed E-state index contributed by atoms with van der Waals surface area (Å²) in [6.07, 6.45) is 0. The number of carbonyl (C=O) groups excluding carboxylic acids is 1.